The number of hydrogen-bond donors (Lipinski definition) is 1. The van der Waals surface area contributed by atoms with E-state index < -0.39 is 17.6 Å². The number of amides is 1. The van der Waals surface area contributed by atoms with E-state index in [1.165, 1.54) is 18.3 Å². The summed E-state index contributed by atoms with van der Waals surface area (Å²) in [5.74, 6) is -1.47. The first-order chi connectivity index (χ1) is 14.3. The van der Waals surface area contributed by atoms with Gasteiger partial charge < -0.3 is 5.32 Å². The van der Waals surface area contributed by atoms with E-state index in [1.807, 2.05) is 6.92 Å². The molecular weight excluding hydrogens is 396 g/mol. The standard InChI is InChI=1S/C23H20F4N2O/c1-15-7-10-18(14-29-15)22(30)28-13-3-4-16-8-11-17(12-9-16)19-5-2-6-20(21(19)24)23(25,26)27/h2,5-12,14H,3-4,13H2,1H3,(H,28,30). The van der Waals surface area contributed by atoms with E-state index in [0.717, 1.165) is 17.3 Å². The highest BCUT2D eigenvalue weighted by atomic mass is 19.4. The molecule has 1 heterocycles. The van der Waals surface area contributed by atoms with Crippen LogP contribution in [0.5, 0.6) is 0 Å². The van der Waals surface area contributed by atoms with E-state index in [2.05, 4.69) is 10.3 Å². The van der Waals surface area contributed by atoms with E-state index in [4.69, 9.17) is 0 Å². The lowest BCUT2D eigenvalue weighted by atomic mass is 9.99. The van der Waals surface area contributed by atoms with E-state index in [-0.39, 0.29) is 11.5 Å². The lowest BCUT2D eigenvalue weighted by Gasteiger charge is -2.12. The molecule has 0 bridgehead atoms. The average molecular weight is 416 g/mol. The number of nitrogens with one attached hydrogen (secondary N) is 1. The van der Waals surface area contributed by atoms with Crippen molar-refractivity contribution in [2.45, 2.75) is 25.9 Å². The molecular formula is C23H20F4N2O. The molecule has 7 heteroatoms. The molecule has 30 heavy (non-hydrogen) atoms. The predicted molar refractivity (Wildman–Crippen MR) is 106 cm³/mol. The molecule has 0 saturated carbocycles. The van der Waals surface area contributed by atoms with E-state index in [9.17, 15) is 22.4 Å². The lowest BCUT2D eigenvalue weighted by Crippen LogP contribution is -2.24. The van der Waals surface area contributed by atoms with Gasteiger partial charge in [0.2, 0.25) is 0 Å². The number of carbonyl (C=O) groups excluding carboxylic acids is 1. The summed E-state index contributed by atoms with van der Waals surface area (Å²) in [6, 6.07) is 13.4. The van der Waals surface area contributed by atoms with Crippen LogP contribution in [0.15, 0.2) is 60.8 Å². The van der Waals surface area contributed by atoms with Crippen LogP contribution in [-0.2, 0) is 12.6 Å². The summed E-state index contributed by atoms with van der Waals surface area (Å²) < 4.78 is 52.9. The second kappa shape index (κ2) is 9.07. The molecule has 2 aromatic carbocycles. The number of alkyl halides is 3. The largest absolute Gasteiger partial charge is 0.419 e. The fourth-order valence-electron chi connectivity index (χ4n) is 3.02. The van der Waals surface area contributed by atoms with Gasteiger partial charge in [-0.15, -0.1) is 0 Å². The van der Waals surface area contributed by atoms with Crippen molar-refractivity contribution in [1.29, 1.82) is 0 Å². The molecule has 0 aliphatic heterocycles. The summed E-state index contributed by atoms with van der Waals surface area (Å²) in [6.45, 7) is 2.31. The third kappa shape index (κ3) is 5.23. The van der Waals surface area contributed by atoms with Crippen LogP contribution in [-0.4, -0.2) is 17.4 Å². The van der Waals surface area contributed by atoms with Gasteiger partial charge in [-0.2, -0.15) is 13.2 Å². The van der Waals surface area contributed by atoms with Crippen LogP contribution in [0.1, 0.15) is 33.6 Å². The Labute approximate surface area is 171 Å². The summed E-state index contributed by atoms with van der Waals surface area (Å²) in [6.07, 6.45) is -1.87. The van der Waals surface area contributed by atoms with Gasteiger partial charge >= 0.3 is 6.18 Å². The van der Waals surface area contributed by atoms with Crippen molar-refractivity contribution >= 4 is 5.91 Å². The molecule has 3 nitrogen and oxygen atoms in total. The Morgan fingerprint density at radius 3 is 2.40 bits per heavy atom. The van der Waals surface area contributed by atoms with Gasteiger partial charge in [0.25, 0.3) is 5.91 Å². The Morgan fingerprint density at radius 2 is 1.77 bits per heavy atom. The van der Waals surface area contributed by atoms with Crippen molar-refractivity contribution in [2.24, 2.45) is 0 Å². The molecule has 1 N–H and O–H groups in total. The fourth-order valence-corrected chi connectivity index (χ4v) is 3.02. The number of halogens is 4. The highest BCUT2D eigenvalue weighted by molar-refractivity contribution is 5.93. The Bertz CT molecular complexity index is 1010. The zero-order valence-corrected chi connectivity index (χ0v) is 16.3. The minimum atomic E-state index is -4.74. The van der Waals surface area contributed by atoms with Crippen molar-refractivity contribution in [3.05, 3.63) is 89.0 Å². The Morgan fingerprint density at radius 1 is 1.03 bits per heavy atom. The van der Waals surface area contributed by atoms with Crippen molar-refractivity contribution in [3.8, 4) is 11.1 Å². The Hall–Kier alpha value is -3.22. The number of pyridine rings is 1. The second-order valence-electron chi connectivity index (χ2n) is 6.91. The normalized spacial score (nSPS) is 11.4. The van der Waals surface area contributed by atoms with Crippen LogP contribution in [0.3, 0.4) is 0 Å². The first-order valence-electron chi connectivity index (χ1n) is 9.41. The van der Waals surface area contributed by atoms with Gasteiger partial charge in [0.05, 0.1) is 11.1 Å². The van der Waals surface area contributed by atoms with Crippen LogP contribution in [0, 0.1) is 12.7 Å². The van der Waals surface area contributed by atoms with Crippen molar-refractivity contribution < 1.29 is 22.4 Å². The molecule has 0 unspecified atom stereocenters. The number of aryl methyl sites for hydroxylation is 2. The van der Waals surface area contributed by atoms with Crippen LogP contribution in [0.25, 0.3) is 11.1 Å². The monoisotopic (exact) mass is 416 g/mol. The zero-order chi connectivity index (χ0) is 21.7. The predicted octanol–water partition coefficient (Wildman–Crippen LogP) is 5.58. The first-order valence-corrected chi connectivity index (χ1v) is 9.41. The number of carbonyl (C=O) groups is 1. The van der Waals surface area contributed by atoms with Crippen molar-refractivity contribution in [3.63, 3.8) is 0 Å². The highest BCUT2D eigenvalue weighted by Crippen LogP contribution is 2.35. The molecule has 156 valence electrons. The van der Waals surface area contributed by atoms with Crippen molar-refractivity contribution in [1.82, 2.24) is 10.3 Å². The van der Waals surface area contributed by atoms with E-state index >= 15 is 0 Å². The molecule has 0 aliphatic carbocycles. The molecule has 0 radical (unpaired) electrons. The molecule has 0 atom stereocenters. The molecule has 1 amide bonds. The molecule has 0 saturated heterocycles. The zero-order valence-electron chi connectivity index (χ0n) is 16.3. The third-order valence-corrected chi connectivity index (χ3v) is 4.67. The second-order valence-corrected chi connectivity index (χ2v) is 6.91. The SMILES string of the molecule is Cc1ccc(C(=O)NCCCc2ccc(-c3cccc(C(F)(F)F)c3F)cc2)cn1. The smallest absolute Gasteiger partial charge is 0.352 e. The molecule has 1 aromatic heterocycles. The number of aromatic nitrogens is 1. The fraction of sp³-hybridized carbons (Fsp3) is 0.217. The van der Waals surface area contributed by atoms with Gasteiger partial charge in [0, 0.05) is 24.0 Å². The summed E-state index contributed by atoms with van der Waals surface area (Å²) >= 11 is 0. The van der Waals surface area contributed by atoms with E-state index in [1.54, 1.807) is 36.4 Å². The van der Waals surface area contributed by atoms with Crippen LogP contribution < -0.4 is 5.32 Å². The number of benzene rings is 2. The highest BCUT2D eigenvalue weighted by Gasteiger charge is 2.34. The quantitative estimate of drug-likeness (QED) is 0.421. The minimum absolute atomic E-state index is 0.0876. The topological polar surface area (TPSA) is 42.0 Å². The van der Waals surface area contributed by atoms with Gasteiger partial charge in [0.15, 0.2) is 0 Å². The summed E-state index contributed by atoms with van der Waals surface area (Å²) in [7, 11) is 0. The maximum absolute atomic E-state index is 14.3. The number of hydrogen-bond acceptors (Lipinski definition) is 2. The van der Waals surface area contributed by atoms with Gasteiger partial charge in [-0.3, -0.25) is 9.78 Å². The maximum atomic E-state index is 14.3. The number of rotatable bonds is 6. The molecule has 0 aliphatic rings. The van der Waals surface area contributed by atoms with E-state index in [0.29, 0.717) is 30.5 Å². The average Bonchev–Trinajstić information content (AvgIpc) is 2.71. The van der Waals surface area contributed by atoms with Crippen LogP contribution in [0.2, 0.25) is 0 Å². The van der Waals surface area contributed by atoms with Gasteiger partial charge in [-0.05, 0) is 49.1 Å². The summed E-state index contributed by atoms with van der Waals surface area (Å²) in [4.78, 5) is 16.1. The molecule has 0 fully saturated rings. The van der Waals surface area contributed by atoms with Crippen LogP contribution >= 0.6 is 0 Å². The Balaban J connectivity index is 1.56. The minimum Gasteiger partial charge on any atom is -0.352 e. The summed E-state index contributed by atoms with van der Waals surface area (Å²) in [5, 5.41) is 2.82. The molecule has 3 aromatic rings. The van der Waals surface area contributed by atoms with Gasteiger partial charge in [-0.1, -0.05) is 36.4 Å². The maximum Gasteiger partial charge on any atom is 0.419 e. The third-order valence-electron chi connectivity index (χ3n) is 4.67. The van der Waals surface area contributed by atoms with Gasteiger partial charge in [0.1, 0.15) is 5.82 Å². The van der Waals surface area contributed by atoms with Crippen LogP contribution in [0.4, 0.5) is 17.6 Å². The summed E-state index contributed by atoms with van der Waals surface area (Å²) in [5.41, 5.74) is 1.28. The van der Waals surface area contributed by atoms with Gasteiger partial charge in [-0.25, -0.2) is 4.39 Å². The first kappa shape index (κ1) is 21.5. The Kier molecular flexibility index (Phi) is 6.50. The molecule has 0 spiro atoms. The molecule has 3 rings (SSSR count). The number of nitrogens with zero attached hydrogens (tertiary/aromatic N) is 1. The lowest BCUT2D eigenvalue weighted by molar-refractivity contribution is -0.139. The van der Waals surface area contributed by atoms with Crippen molar-refractivity contribution in [2.75, 3.05) is 6.54 Å².